The summed E-state index contributed by atoms with van der Waals surface area (Å²) in [4.78, 5) is 13.8. The van der Waals surface area contributed by atoms with Crippen LogP contribution in [0.4, 0.5) is 0 Å². The van der Waals surface area contributed by atoms with Crippen molar-refractivity contribution in [2.75, 3.05) is 32.8 Å². The van der Waals surface area contributed by atoms with Gasteiger partial charge in [0.2, 0.25) is 5.91 Å². The predicted octanol–water partition coefficient (Wildman–Crippen LogP) is 0.220. The van der Waals surface area contributed by atoms with Gasteiger partial charge in [-0.05, 0) is 12.8 Å². The van der Waals surface area contributed by atoms with Gasteiger partial charge in [0.15, 0.2) is 0 Å². The Hall–Kier alpha value is -0.610. The Kier molecular flexibility index (Phi) is 4.90. The largest absolute Gasteiger partial charge is 0.380 e. The Morgan fingerprint density at radius 1 is 1.50 bits per heavy atom. The van der Waals surface area contributed by atoms with Gasteiger partial charge in [0.1, 0.15) is 0 Å². The molecule has 0 radical (unpaired) electrons. The van der Waals surface area contributed by atoms with Crippen molar-refractivity contribution in [1.29, 1.82) is 0 Å². The highest BCUT2D eigenvalue weighted by molar-refractivity contribution is 5.79. The molecule has 0 aliphatic carbocycles. The minimum atomic E-state index is -0.00639. The van der Waals surface area contributed by atoms with Gasteiger partial charge in [-0.3, -0.25) is 4.79 Å². The van der Waals surface area contributed by atoms with Crippen LogP contribution in [0.5, 0.6) is 0 Å². The van der Waals surface area contributed by atoms with Gasteiger partial charge in [-0.15, -0.1) is 0 Å². The van der Waals surface area contributed by atoms with Crippen molar-refractivity contribution in [3.05, 3.63) is 0 Å². The number of rotatable bonds is 3. The first-order chi connectivity index (χ1) is 6.79. The molecule has 1 unspecified atom stereocenters. The fourth-order valence-corrected chi connectivity index (χ4v) is 1.67. The Balaban J connectivity index is 2.48. The van der Waals surface area contributed by atoms with E-state index in [1.807, 2.05) is 11.8 Å². The van der Waals surface area contributed by atoms with Crippen LogP contribution in [0.2, 0.25) is 0 Å². The fraction of sp³-hybridized carbons (Fsp3) is 0.900. The lowest BCUT2D eigenvalue weighted by molar-refractivity contribution is -0.135. The van der Waals surface area contributed by atoms with Crippen molar-refractivity contribution in [2.24, 2.45) is 11.7 Å². The summed E-state index contributed by atoms with van der Waals surface area (Å²) in [5, 5.41) is 0. The van der Waals surface area contributed by atoms with Crippen LogP contribution in [0, 0.1) is 5.92 Å². The molecule has 1 heterocycles. The zero-order valence-corrected chi connectivity index (χ0v) is 8.87. The van der Waals surface area contributed by atoms with Gasteiger partial charge < -0.3 is 15.4 Å². The van der Waals surface area contributed by atoms with E-state index in [1.54, 1.807) is 0 Å². The van der Waals surface area contributed by atoms with E-state index in [0.717, 1.165) is 32.5 Å². The van der Waals surface area contributed by atoms with Crippen LogP contribution < -0.4 is 5.73 Å². The van der Waals surface area contributed by atoms with Gasteiger partial charge in [0.05, 0.1) is 12.5 Å². The summed E-state index contributed by atoms with van der Waals surface area (Å²) in [5.74, 6) is 0.189. The lowest BCUT2D eigenvalue weighted by Crippen LogP contribution is -2.40. The SMILES string of the molecule is CCC(CN)C(=O)N1CCCOCC1. The Labute approximate surface area is 85.4 Å². The van der Waals surface area contributed by atoms with Crippen LogP contribution in [-0.2, 0) is 9.53 Å². The molecule has 0 bridgehead atoms. The highest BCUT2D eigenvalue weighted by Crippen LogP contribution is 2.08. The van der Waals surface area contributed by atoms with E-state index in [-0.39, 0.29) is 11.8 Å². The minimum Gasteiger partial charge on any atom is -0.380 e. The van der Waals surface area contributed by atoms with E-state index < -0.39 is 0 Å². The van der Waals surface area contributed by atoms with E-state index >= 15 is 0 Å². The molecule has 82 valence electrons. The second-order valence-corrected chi connectivity index (χ2v) is 3.63. The molecular formula is C10H20N2O2. The van der Waals surface area contributed by atoms with Crippen LogP contribution in [0.3, 0.4) is 0 Å². The monoisotopic (exact) mass is 200 g/mol. The molecule has 1 rings (SSSR count). The lowest BCUT2D eigenvalue weighted by atomic mass is 10.1. The number of carbonyl (C=O) groups excluding carboxylic acids is 1. The average Bonchev–Trinajstić information content (AvgIpc) is 2.47. The van der Waals surface area contributed by atoms with E-state index in [2.05, 4.69) is 0 Å². The van der Waals surface area contributed by atoms with Gasteiger partial charge in [-0.1, -0.05) is 6.92 Å². The summed E-state index contributed by atoms with van der Waals surface area (Å²) < 4.78 is 5.30. The van der Waals surface area contributed by atoms with Crippen molar-refractivity contribution >= 4 is 5.91 Å². The van der Waals surface area contributed by atoms with E-state index in [1.165, 1.54) is 0 Å². The number of hydrogen-bond acceptors (Lipinski definition) is 3. The number of hydrogen-bond donors (Lipinski definition) is 1. The normalized spacial score (nSPS) is 20.3. The number of nitrogens with two attached hydrogens (primary N) is 1. The van der Waals surface area contributed by atoms with Crippen LogP contribution in [0.15, 0.2) is 0 Å². The van der Waals surface area contributed by atoms with Crippen molar-refractivity contribution < 1.29 is 9.53 Å². The summed E-state index contributed by atoms with van der Waals surface area (Å²) in [6, 6.07) is 0. The summed E-state index contributed by atoms with van der Waals surface area (Å²) in [6.07, 6.45) is 1.76. The third kappa shape index (κ3) is 2.96. The van der Waals surface area contributed by atoms with E-state index in [4.69, 9.17) is 10.5 Å². The van der Waals surface area contributed by atoms with Crippen LogP contribution >= 0.6 is 0 Å². The minimum absolute atomic E-state index is 0.00639. The molecule has 0 aromatic carbocycles. The number of nitrogens with zero attached hydrogens (tertiary/aromatic N) is 1. The van der Waals surface area contributed by atoms with Crippen LogP contribution in [0.25, 0.3) is 0 Å². The second-order valence-electron chi connectivity index (χ2n) is 3.63. The Bertz CT molecular complexity index is 173. The molecule has 1 fully saturated rings. The molecule has 0 spiro atoms. The van der Waals surface area contributed by atoms with Crippen molar-refractivity contribution in [3.8, 4) is 0 Å². The third-order valence-electron chi connectivity index (χ3n) is 2.66. The molecule has 14 heavy (non-hydrogen) atoms. The van der Waals surface area contributed by atoms with Crippen molar-refractivity contribution in [2.45, 2.75) is 19.8 Å². The maximum atomic E-state index is 11.9. The smallest absolute Gasteiger partial charge is 0.227 e. The van der Waals surface area contributed by atoms with E-state index in [9.17, 15) is 4.79 Å². The summed E-state index contributed by atoms with van der Waals surface area (Å²) in [5.41, 5.74) is 5.55. The molecule has 4 nitrogen and oxygen atoms in total. The molecule has 0 aromatic rings. The first-order valence-corrected chi connectivity index (χ1v) is 5.36. The fourth-order valence-electron chi connectivity index (χ4n) is 1.67. The van der Waals surface area contributed by atoms with Crippen LogP contribution in [-0.4, -0.2) is 43.7 Å². The first kappa shape index (κ1) is 11.5. The molecule has 2 N–H and O–H groups in total. The quantitative estimate of drug-likeness (QED) is 0.709. The van der Waals surface area contributed by atoms with Gasteiger partial charge in [0.25, 0.3) is 0 Å². The van der Waals surface area contributed by atoms with Crippen LogP contribution in [0.1, 0.15) is 19.8 Å². The standard InChI is InChI=1S/C10H20N2O2/c1-2-9(8-11)10(13)12-4-3-6-14-7-5-12/h9H,2-8,11H2,1H3. The van der Waals surface area contributed by atoms with Gasteiger partial charge >= 0.3 is 0 Å². The zero-order valence-electron chi connectivity index (χ0n) is 8.87. The first-order valence-electron chi connectivity index (χ1n) is 5.36. The molecular weight excluding hydrogens is 180 g/mol. The Morgan fingerprint density at radius 3 is 2.93 bits per heavy atom. The summed E-state index contributed by atoms with van der Waals surface area (Å²) in [6.45, 7) is 5.41. The molecule has 1 saturated heterocycles. The molecule has 1 amide bonds. The van der Waals surface area contributed by atoms with E-state index in [0.29, 0.717) is 13.2 Å². The molecule has 4 heteroatoms. The average molecular weight is 200 g/mol. The zero-order chi connectivity index (χ0) is 10.4. The number of carbonyl (C=O) groups is 1. The summed E-state index contributed by atoms with van der Waals surface area (Å²) >= 11 is 0. The highest BCUT2D eigenvalue weighted by Gasteiger charge is 2.22. The molecule has 1 aliphatic heterocycles. The lowest BCUT2D eigenvalue weighted by Gasteiger charge is -2.24. The van der Waals surface area contributed by atoms with Crippen molar-refractivity contribution in [1.82, 2.24) is 4.90 Å². The Morgan fingerprint density at radius 2 is 2.29 bits per heavy atom. The van der Waals surface area contributed by atoms with Gasteiger partial charge in [0, 0.05) is 26.2 Å². The molecule has 1 atom stereocenters. The third-order valence-corrected chi connectivity index (χ3v) is 2.66. The molecule has 1 aliphatic rings. The van der Waals surface area contributed by atoms with Gasteiger partial charge in [-0.25, -0.2) is 0 Å². The van der Waals surface area contributed by atoms with Gasteiger partial charge in [-0.2, -0.15) is 0 Å². The number of ether oxygens (including phenoxy) is 1. The van der Waals surface area contributed by atoms with Crippen molar-refractivity contribution in [3.63, 3.8) is 0 Å². The summed E-state index contributed by atoms with van der Waals surface area (Å²) in [7, 11) is 0. The topological polar surface area (TPSA) is 55.6 Å². The number of amides is 1. The predicted molar refractivity (Wildman–Crippen MR) is 54.9 cm³/mol. The molecule has 0 saturated carbocycles. The maximum absolute atomic E-state index is 11.9. The molecule has 0 aromatic heterocycles. The highest BCUT2D eigenvalue weighted by atomic mass is 16.5. The maximum Gasteiger partial charge on any atom is 0.227 e. The second kappa shape index (κ2) is 5.98.